The van der Waals surface area contributed by atoms with E-state index < -0.39 is 12.5 Å². The van der Waals surface area contributed by atoms with Gasteiger partial charge in [0, 0.05) is 31.2 Å². The Kier molecular flexibility index (Phi) is 9.95. The minimum absolute atomic E-state index is 0. The monoisotopic (exact) mass is 559 g/mol. The summed E-state index contributed by atoms with van der Waals surface area (Å²) in [6, 6.07) is 14.0. The second-order valence-corrected chi connectivity index (χ2v) is 7.18. The van der Waals surface area contributed by atoms with Crippen molar-refractivity contribution in [2.24, 2.45) is 10.7 Å². The highest BCUT2D eigenvalue weighted by molar-refractivity contribution is 14.0. The lowest BCUT2D eigenvalue weighted by Crippen LogP contribution is -2.44. The lowest BCUT2D eigenvalue weighted by molar-refractivity contribution is -0.0495. The number of halogens is 3. The average molecular weight is 559 g/mol. The summed E-state index contributed by atoms with van der Waals surface area (Å²) in [6.07, 6.45) is 0.824. The number of alkyl halides is 2. The molecule has 32 heavy (non-hydrogen) atoms. The Morgan fingerprint density at radius 1 is 1.28 bits per heavy atom. The zero-order valence-corrected chi connectivity index (χ0v) is 20.1. The summed E-state index contributed by atoms with van der Waals surface area (Å²) in [6.45, 7) is 1.53. The van der Waals surface area contributed by atoms with Crippen molar-refractivity contribution in [2.45, 2.75) is 32.5 Å². The SMILES string of the molecule is CCNC(=NCc1cccc(C(N)=O)c1)NC1CCN(c2ccccc2OC(F)F)C1.I. The second-order valence-electron chi connectivity index (χ2n) is 7.18. The van der Waals surface area contributed by atoms with E-state index in [2.05, 4.69) is 20.4 Å². The van der Waals surface area contributed by atoms with Gasteiger partial charge < -0.3 is 26.0 Å². The molecule has 2 aromatic carbocycles. The summed E-state index contributed by atoms with van der Waals surface area (Å²) in [4.78, 5) is 18.0. The summed E-state index contributed by atoms with van der Waals surface area (Å²) >= 11 is 0. The molecule has 0 spiro atoms. The molecular formula is C22H28F2IN5O2. The Hall–Kier alpha value is -2.63. The van der Waals surface area contributed by atoms with Gasteiger partial charge in [-0.3, -0.25) is 4.79 Å². The fourth-order valence-corrected chi connectivity index (χ4v) is 3.52. The third-order valence-electron chi connectivity index (χ3n) is 4.93. The number of nitrogens with two attached hydrogens (primary N) is 1. The lowest BCUT2D eigenvalue weighted by atomic mass is 10.1. The van der Waals surface area contributed by atoms with E-state index >= 15 is 0 Å². The van der Waals surface area contributed by atoms with Crippen molar-refractivity contribution >= 4 is 41.5 Å². The van der Waals surface area contributed by atoms with Crippen LogP contribution in [0.4, 0.5) is 14.5 Å². The Balaban J connectivity index is 0.00000363. The number of nitrogens with one attached hydrogen (secondary N) is 2. The summed E-state index contributed by atoms with van der Waals surface area (Å²) < 4.78 is 30.1. The number of guanidine groups is 1. The Morgan fingerprint density at radius 3 is 2.78 bits per heavy atom. The maximum absolute atomic E-state index is 12.7. The van der Waals surface area contributed by atoms with E-state index in [9.17, 15) is 13.6 Å². The highest BCUT2D eigenvalue weighted by atomic mass is 127. The summed E-state index contributed by atoms with van der Waals surface area (Å²) in [5.74, 6) is 0.349. The molecule has 1 saturated heterocycles. The summed E-state index contributed by atoms with van der Waals surface area (Å²) in [7, 11) is 0. The number of rotatable bonds is 8. The van der Waals surface area contributed by atoms with E-state index in [1.54, 1.807) is 42.5 Å². The van der Waals surface area contributed by atoms with Crippen LogP contribution in [0.25, 0.3) is 0 Å². The van der Waals surface area contributed by atoms with Crippen LogP contribution in [0.5, 0.6) is 5.75 Å². The van der Waals surface area contributed by atoms with E-state index in [0.717, 1.165) is 12.0 Å². The van der Waals surface area contributed by atoms with Crippen LogP contribution < -0.4 is 26.0 Å². The van der Waals surface area contributed by atoms with Gasteiger partial charge in [-0.2, -0.15) is 8.78 Å². The topological polar surface area (TPSA) is 92.0 Å². The van der Waals surface area contributed by atoms with Gasteiger partial charge in [-0.15, -0.1) is 24.0 Å². The fraction of sp³-hybridized carbons (Fsp3) is 0.364. The first-order chi connectivity index (χ1) is 15.0. The molecule has 1 fully saturated rings. The van der Waals surface area contributed by atoms with E-state index in [4.69, 9.17) is 5.73 Å². The molecule has 1 atom stereocenters. The standard InChI is InChI=1S/C22H27F2N5O2.HI/c1-2-26-22(27-13-15-6-5-7-16(12-15)20(25)30)28-17-10-11-29(14-17)18-8-3-4-9-19(18)31-21(23)24;/h3-9,12,17,21H,2,10-11,13-14H2,1H3,(H2,25,30)(H2,26,27,28);1H. The van der Waals surface area contributed by atoms with Crippen molar-refractivity contribution in [1.29, 1.82) is 0 Å². The third kappa shape index (κ3) is 7.21. The van der Waals surface area contributed by atoms with Crippen LogP contribution in [0.1, 0.15) is 29.3 Å². The number of amides is 1. The number of carbonyl (C=O) groups is 1. The van der Waals surface area contributed by atoms with Crippen LogP contribution in [0.3, 0.4) is 0 Å². The number of primary amides is 1. The Morgan fingerprint density at radius 2 is 2.06 bits per heavy atom. The molecule has 0 aromatic heterocycles. The fourth-order valence-electron chi connectivity index (χ4n) is 3.52. The maximum Gasteiger partial charge on any atom is 0.387 e. The van der Waals surface area contributed by atoms with Gasteiger partial charge in [0.1, 0.15) is 5.75 Å². The predicted molar refractivity (Wildman–Crippen MR) is 132 cm³/mol. The van der Waals surface area contributed by atoms with Crippen LogP contribution >= 0.6 is 24.0 Å². The third-order valence-corrected chi connectivity index (χ3v) is 4.93. The van der Waals surface area contributed by atoms with E-state index in [0.29, 0.717) is 43.4 Å². The van der Waals surface area contributed by atoms with Crippen molar-refractivity contribution in [1.82, 2.24) is 10.6 Å². The molecule has 174 valence electrons. The summed E-state index contributed by atoms with van der Waals surface area (Å²) in [5.41, 5.74) is 7.31. The number of carbonyl (C=O) groups excluding carboxylic acids is 1. The molecule has 1 amide bonds. The minimum atomic E-state index is -2.86. The Labute approximate surface area is 203 Å². The number of aliphatic imine (C=N–C) groups is 1. The second kappa shape index (κ2) is 12.4. The number of ether oxygens (including phenoxy) is 1. The van der Waals surface area contributed by atoms with Gasteiger partial charge in [-0.25, -0.2) is 4.99 Å². The predicted octanol–water partition coefficient (Wildman–Crippen LogP) is 3.34. The molecule has 0 saturated carbocycles. The summed E-state index contributed by atoms with van der Waals surface area (Å²) in [5, 5.41) is 6.62. The number of para-hydroxylation sites is 2. The highest BCUT2D eigenvalue weighted by Gasteiger charge is 2.26. The van der Waals surface area contributed by atoms with E-state index in [-0.39, 0.29) is 35.8 Å². The zero-order valence-electron chi connectivity index (χ0n) is 17.8. The molecule has 0 aliphatic carbocycles. The molecule has 2 aromatic rings. The van der Waals surface area contributed by atoms with Gasteiger partial charge in [0.15, 0.2) is 5.96 Å². The number of anilines is 1. The number of nitrogens with zero attached hydrogens (tertiary/aromatic N) is 2. The maximum atomic E-state index is 12.7. The molecule has 4 N–H and O–H groups in total. The number of hydrogen-bond acceptors (Lipinski definition) is 4. The van der Waals surface area contributed by atoms with Gasteiger partial charge in [0.25, 0.3) is 0 Å². The molecule has 10 heteroatoms. The quantitative estimate of drug-likeness (QED) is 0.262. The smallest absolute Gasteiger partial charge is 0.387 e. The van der Waals surface area contributed by atoms with Gasteiger partial charge in [-0.1, -0.05) is 24.3 Å². The van der Waals surface area contributed by atoms with E-state index in [1.165, 1.54) is 0 Å². The number of benzene rings is 2. The molecule has 1 heterocycles. The van der Waals surface area contributed by atoms with Crippen LogP contribution in [0.2, 0.25) is 0 Å². The highest BCUT2D eigenvalue weighted by Crippen LogP contribution is 2.31. The van der Waals surface area contributed by atoms with Crippen molar-refractivity contribution in [3.63, 3.8) is 0 Å². The van der Waals surface area contributed by atoms with Crippen LogP contribution in [-0.4, -0.2) is 44.2 Å². The van der Waals surface area contributed by atoms with Crippen molar-refractivity contribution in [3.8, 4) is 5.75 Å². The van der Waals surface area contributed by atoms with Crippen LogP contribution in [0, 0.1) is 0 Å². The first-order valence-electron chi connectivity index (χ1n) is 10.2. The number of hydrogen-bond donors (Lipinski definition) is 3. The van der Waals surface area contributed by atoms with Crippen LogP contribution in [0.15, 0.2) is 53.5 Å². The van der Waals surface area contributed by atoms with Gasteiger partial charge in [-0.05, 0) is 43.2 Å². The van der Waals surface area contributed by atoms with Crippen molar-refractivity contribution in [3.05, 3.63) is 59.7 Å². The lowest BCUT2D eigenvalue weighted by Gasteiger charge is -2.22. The van der Waals surface area contributed by atoms with Crippen LogP contribution in [-0.2, 0) is 6.54 Å². The van der Waals surface area contributed by atoms with Crippen molar-refractivity contribution < 1.29 is 18.3 Å². The first-order valence-corrected chi connectivity index (χ1v) is 10.2. The molecular weight excluding hydrogens is 531 g/mol. The Bertz CT molecular complexity index is 929. The minimum Gasteiger partial charge on any atom is -0.433 e. The van der Waals surface area contributed by atoms with Crippen molar-refractivity contribution in [2.75, 3.05) is 24.5 Å². The molecule has 1 aliphatic rings. The van der Waals surface area contributed by atoms with E-state index in [1.807, 2.05) is 17.9 Å². The largest absolute Gasteiger partial charge is 0.433 e. The molecule has 0 bridgehead atoms. The van der Waals surface area contributed by atoms with Gasteiger partial charge >= 0.3 is 6.61 Å². The zero-order chi connectivity index (χ0) is 22.2. The molecule has 1 unspecified atom stereocenters. The van der Waals surface area contributed by atoms with Gasteiger partial charge in [0.05, 0.1) is 12.2 Å². The first kappa shape index (κ1) is 25.6. The molecule has 7 nitrogen and oxygen atoms in total. The van der Waals surface area contributed by atoms with Gasteiger partial charge in [0.2, 0.25) is 5.91 Å². The molecule has 3 rings (SSSR count). The normalized spacial score (nSPS) is 15.9. The molecule has 0 radical (unpaired) electrons. The average Bonchev–Trinajstić information content (AvgIpc) is 3.20. The molecule has 1 aliphatic heterocycles.